The van der Waals surface area contributed by atoms with Crippen LogP contribution < -0.4 is 10.2 Å². The van der Waals surface area contributed by atoms with E-state index in [0.717, 1.165) is 11.3 Å². The fraction of sp³-hybridized carbons (Fsp3) is 0.538. The van der Waals surface area contributed by atoms with Gasteiger partial charge in [0.1, 0.15) is 5.75 Å². The number of hydroxylamine groups is 1. The molecule has 0 heterocycles. The molecule has 0 aliphatic heterocycles. The van der Waals surface area contributed by atoms with Gasteiger partial charge in [-0.1, -0.05) is 39.5 Å². The molecule has 0 saturated heterocycles. The molecule has 0 fully saturated rings. The zero-order chi connectivity index (χ0) is 12.4. The van der Waals surface area contributed by atoms with Gasteiger partial charge in [0, 0.05) is 5.56 Å². The van der Waals surface area contributed by atoms with Crippen molar-refractivity contribution in [2.75, 3.05) is 20.8 Å². The summed E-state index contributed by atoms with van der Waals surface area (Å²) >= 11 is 0. The Bertz CT molecular complexity index is 279. The highest BCUT2D eigenvalue weighted by Crippen LogP contribution is 2.24. The van der Waals surface area contributed by atoms with E-state index in [0.29, 0.717) is 0 Å². The van der Waals surface area contributed by atoms with Gasteiger partial charge in [-0.25, -0.2) is 0 Å². The first kappa shape index (κ1) is 18.3. The lowest BCUT2D eigenvalue weighted by molar-refractivity contribution is 0.0389. The first-order chi connectivity index (χ1) is 7.83. The van der Waals surface area contributed by atoms with Gasteiger partial charge in [0.2, 0.25) is 0 Å². The van der Waals surface area contributed by atoms with Crippen LogP contribution in [0.2, 0.25) is 0 Å². The lowest BCUT2D eigenvalue weighted by Crippen LogP contribution is -2.23. The van der Waals surface area contributed by atoms with Crippen LogP contribution in [0.5, 0.6) is 5.75 Å². The number of hydrogen-bond donors (Lipinski definition) is 2. The number of aliphatic hydroxyl groups is 1. The van der Waals surface area contributed by atoms with E-state index in [-0.39, 0.29) is 20.1 Å². The lowest BCUT2D eigenvalue weighted by atomic mass is 10.1. The van der Waals surface area contributed by atoms with E-state index in [1.54, 1.807) is 7.11 Å². The van der Waals surface area contributed by atoms with Crippen molar-refractivity contribution in [1.82, 2.24) is 5.48 Å². The summed E-state index contributed by atoms with van der Waals surface area (Å²) in [6, 6.07) is 7.22. The minimum atomic E-state index is -0.267. The molecule has 17 heavy (non-hydrogen) atoms. The van der Waals surface area contributed by atoms with Crippen molar-refractivity contribution in [3.8, 4) is 5.75 Å². The predicted octanol–water partition coefficient (Wildman–Crippen LogP) is 2.54. The Labute approximate surface area is 105 Å². The summed E-state index contributed by atoms with van der Waals surface area (Å²) < 4.78 is 5.17. The number of rotatable bonds is 5. The van der Waals surface area contributed by atoms with E-state index < -0.39 is 0 Å². The van der Waals surface area contributed by atoms with Gasteiger partial charge < -0.3 is 14.7 Å². The molecule has 0 bridgehead atoms. The van der Waals surface area contributed by atoms with Gasteiger partial charge in [-0.2, -0.15) is 5.48 Å². The second-order valence-corrected chi connectivity index (χ2v) is 2.80. The van der Waals surface area contributed by atoms with Crippen LogP contribution >= 0.6 is 0 Å². The third kappa shape index (κ3) is 5.68. The van der Waals surface area contributed by atoms with Crippen LogP contribution in [0.1, 0.15) is 32.9 Å². The van der Waals surface area contributed by atoms with Gasteiger partial charge in [0.15, 0.2) is 0 Å². The maximum atomic E-state index is 9.13. The van der Waals surface area contributed by atoms with Crippen LogP contribution in [0.4, 0.5) is 0 Å². The van der Waals surface area contributed by atoms with Gasteiger partial charge in [-0.3, -0.25) is 0 Å². The third-order valence-corrected chi connectivity index (χ3v) is 1.96. The van der Waals surface area contributed by atoms with Gasteiger partial charge in [0.25, 0.3) is 0 Å². The zero-order valence-electron chi connectivity index (χ0n) is 10.4. The number of methoxy groups -OCH3 is 1. The van der Waals surface area contributed by atoms with Crippen LogP contribution in [0, 0.1) is 0 Å². The second kappa shape index (κ2) is 11.4. The highest BCUT2D eigenvalue weighted by Gasteiger charge is 2.13. The maximum Gasteiger partial charge on any atom is 0.123 e. The van der Waals surface area contributed by atoms with Crippen molar-refractivity contribution in [3.63, 3.8) is 0 Å². The molecule has 4 heteroatoms. The number of benzene rings is 1. The molecule has 0 aromatic heterocycles. The van der Waals surface area contributed by atoms with Crippen molar-refractivity contribution >= 4 is 0 Å². The Morgan fingerprint density at radius 3 is 2.29 bits per heavy atom. The standard InChI is InChI=1S/C10H15NO3.C2H6.CH4/c1-13-10-6-4-3-5-8(10)9(7-12)11-14-2;1-2;/h3-6,9,11-12H,7H2,1-2H3;1-2H3;1H4. The molecule has 0 aliphatic carbocycles. The molecular formula is C13H25NO3. The van der Waals surface area contributed by atoms with E-state index in [1.165, 1.54) is 7.11 Å². The monoisotopic (exact) mass is 243 g/mol. The Morgan fingerprint density at radius 1 is 1.24 bits per heavy atom. The largest absolute Gasteiger partial charge is 0.496 e. The van der Waals surface area contributed by atoms with Gasteiger partial charge in [0.05, 0.1) is 26.9 Å². The fourth-order valence-corrected chi connectivity index (χ4v) is 1.30. The first-order valence-electron chi connectivity index (χ1n) is 5.35. The lowest BCUT2D eigenvalue weighted by Gasteiger charge is -2.17. The highest BCUT2D eigenvalue weighted by molar-refractivity contribution is 5.35. The molecule has 4 nitrogen and oxygen atoms in total. The summed E-state index contributed by atoms with van der Waals surface area (Å²) in [7, 11) is 3.11. The molecule has 0 saturated carbocycles. The van der Waals surface area contributed by atoms with Crippen molar-refractivity contribution in [2.45, 2.75) is 27.3 Å². The molecule has 1 rings (SSSR count). The summed E-state index contributed by atoms with van der Waals surface area (Å²) in [5, 5.41) is 9.13. The second-order valence-electron chi connectivity index (χ2n) is 2.80. The molecule has 0 aliphatic rings. The van der Waals surface area contributed by atoms with E-state index in [1.807, 2.05) is 38.1 Å². The Balaban J connectivity index is 0. The average Bonchev–Trinajstić information content (AvgIpc) is 2.38. The van der Waals surface area contributed by atoms with E-state index in [9.17, 15) is 0 Å². The Kier molecular flexibility index (Phi) is 12.2. The molecule has 100 valence electrons. The summed E-state index contributed by atoms with van der Waals surface area (Å²) in [4.78, 5) is 4.78. The van der Waals surface area contributed by atoms with E-state index in [4.69, 9.17) is 14.7 Å². The highest BCUT2D eigenvalue weighted by atomic mass is 16.6. The van der Waals surface area contributed by atoms with E-state index >= 15 is 0 Å². The smallest absolute Gasteiger partial charge is 0.123 e. The molecular weight excluding hydrogens is 218 g/mol. The van der Waals surface area contributed by atoms with Crippen molar-refractivity contribution < 1.29 is 14.7 Å². The number of nitrogens with one attached hydrogen (secondary N) is 1. The van der Waals surface area contributed by atoms with Crippen LogP contribution in [-0.4, -0.2) is 25.9 Å². The molecule has 0 amide bonds. The number of para-hydroxylation sites is 1. The molecule has 0 spiro atoms. The minimum Gasteiger partial charge on any atom is -0.496 e. The molecule has 2 N–H and O–H groups in total. The van der Waals surface area contributed by atoms with E-state index in [2.05, 4.69) is 5.48 Å². The fourth-order valence-electron chi connectivity index (χ4n) is 1.30. The molecule has 1 unspecified atom stereocenters. The van der Waals surface area contributed by atoms with Crippen molar-refractivity contribution in [1.29, 1.82) is 0 Å². The summed E-state index contributed by atoms with van der Waals surface area (Å²) in [5.74, 6) is 0.733. The molecule has 1 aromatic rings. The summed E-state index contributed by atoms with van der Waals surface area (Å²) in [6.45, 7) is 3.95. The van der Waals surface area contributed by atoms with Crippen molar-refractivity contribution in [2.24, 2.45) is 0 Å². The number of aliphatic hydroxyl groups excluding tert-OH is 1. The molecule has 1 aromatic carbocycles. The molecule has 1 atom stereocenters. The van der Waals surface area contributed by atoms with Crippen LogP contribution in [0.15, 0.2) is 24.3 Å². The van der Waals surface area contributed by atoms with Gasteiger partial charge in [-0.05, 0) is 6.07 Å². The van der Waals surface area contributed by atoms with Crippen LogP contribution in [-0.2, 0) is 4.84 Å². The van der Waals surface area contributed by atoms with Crippen molar-refractivity contribution in [3.05, 3.63) is 29.8 Å². The Morgan fingerprint density at radius 2 is 1.82 bits per heavy atom. The van der Waals surface area contributed by atoms with Crippen LogP contribution in [0.25, 0.3) is 0 Å². The Hall–Kier alpha value is -1.10. The third-order valence-electron chi connectivity index (χ3n) is 1.96. The predicted molar refractivity (Wildman–Crippen MR) is 71.0 cm³/mol. The van der Waals surface area contributed by atoms with Crippen LogP contribution in [0.3, 0.4) is 0 Å². The first-order valence-corrected chi connectivity index (χ1v) is 5.35. The zero-order valence-corrected chi connectivity index (χ0v) is 10.4. The normalized spacial score (nSPS) is 10.6. The average molecular weight is 243 g/mol. The summed E-state index contributed by atoms with van der Waals surface area (Å²) in [6.07, 6.45) is 0. The topological polar surface area (TPSA) is 50.7 Å². The summed E-state index contributed by atoms with van der Waals surface area (Å²) in [5.41, 5.74) is 3.57. The quantitative estimate of drug-likeness (QED) is 0.780. The minimum absolute atomic E-state index is 0. The van der Waals surface area contributed by atoms with Gasteiger partial charge in [-0.15, -0.1) is 0 Å². The number of ether oxygens (including phenoxy) is 1. The maximum absolute atomic E-state index is 9.13. The molecule has 0 radical (unpaired) electrons. The van der Waals surface area contributed by atoms with Gasteiger partial charge >= 0.3 is 0 Å². The number of hydrogen-bond acceptors (Lipinski definition) is 4. The SMILES string of the molecule is C.CC.CONC(CO)c1ccccc1OC.